The van der Waals surface area contributed by atoms with E-state index < -0.39 is 24.4 Å². The Kier molecular flexibility index (Phi) is 6.71. The molecule has 0 heterocycles. The minimum Gasteiger partial charge on any atom is -0.452 e. The molecule has 0 radical (unpaired) electrons. The minimum atomic E-state index is -0.746. The van der Waals surface area contributed by atoms with Crippen molar-refractivity contribution in [3.8, 4) is 0 Å². The molecular formula is C13H12Cl2N2O4. The number of hydrogen-bond acceptors (Lipinski definition) is 4. The third kappa shape index (κ3) is 6.29. The van der Waals surface area contributed by atoms with E-state index >= 15 is 0 Å². The molecule has 8 heteroatoms. The number of carbonyl (C=O) groups is 3. The van der Waals surface area contributed by atoms with E-state index in [0.717, 1.165) is 6.08 Å². The quantitative estimate of drug-likeness (QED) is 0.500. The first kappa shape index (κ1) is 17.0. The Balaban J connectivity index is 2.49. The molecule has 1 rings (SSSR count). The predicted molar refractivity (Wildman–Crippen MR) is 78.4 cm³/mol. The van der Waals surface area contributed by atoms with Gasteiger partial charge in [0, 0.05) is 28.6 Å². The van der Waals surface area contributed by atoms with Crippen LogP contribution in [-0.4, -0.2) is 24.4 Å². The summed E-state index contributed by atoms with van der Waals surface area (Å²) in [6.07, 6.45) is 2.48. The normalized spacial score (nSPS) is 10.2. The van der Waals surface area contributed by atoms with Crippen molar-refractivity contribution in [2.75, 3.05) is 6.61 Å². The third-order valence-electron chi connectivity index (χ3n) is 2.11. The fourth-order valence-electron chi connectivity index (χ4n) is 1.20. The lowest BCUT2D eigenvalue weighted by Crippen LogP contribution is -2.42. The zero-order chi connectivity index (χ0) is 15.8. The molecule has 0 saturated carbocycles. The van der Waals surface area contributed by atoms with Crippen LogP contribution in [-0.2, 0) is 19.1 Å². The predicted octanol–water partition coefficient (Wildman–Crippen LogP) is 1.72. The van der Waals surface area contributed by atoms with Gasteiger partial charge in [-0.3, -0.25) is 20.4 Å². The van der Waals surface area contributed by atoms with E-state index in [2.05, 4.69) is 10.2 Å². The highest BCUT2D eigenvalue weighted by molar-refractivity contribution is 6.37. The summed E-state index contributed by atoms with van der Waals surface area (Å²) in [5.41, 5.74) is 4.58. The fraction of sp³-hybridized carbons (Fsp3) is 0.154. The molecule has 0 aliphatic rings. The minimum absolute atomic E-state index is 0.384. The first-order valence-corrected chi connectivity index (χ1v) is 6.50. The molecule has 1 aromatic rings. The number of esters is 1. The van der Waals surface area contributed by atoms with E-state index in [9.17, 15) is 14.4 Å². The Morgan fingerprint density at radius 2 is 1.81 bits per heavy atom. The molecule has 2 amide bonds. The van der Waals surface area contributed by atoms with Crippen molar-refractivity contribution >= 4 is 47.1 Å². The van der Waals surface area contributed by atoms with Gasteiger partial charge in [-0.05, 0) is 18.2 Å². The molecule has 6 nitrogen and oxygen atoms in total. The third-order valence-corrected chi connectivity index (χ3v) is 2.77. The van der Waals surface area contributed by atoms with Gasteiger partial charge in [0.05, 0.1) is 0 Å². The summed E-state index contributed by atoms with van der Waals surface area (Å²) in [7, 11) is 0. The molecule has 0 aliphatic heterocycles. The lowest BCUT2D eigenvalue weighted by atomic mass is 10.2. The Hall–Kier alpha value is -2.05. The average molecular weight is 331 g/mol. The molecule has 0 bridgehead atoms. The maximum atomic E-state index is 11.4. The zero-order valence-corrected chi connectivity index (χ0v) is 12.5. The number of hydrazine groups is 1. The van der Waals surface area contributed by atoms with Gasteiger partial charge < -0.3 is 4.74 Å². The van der Waals surface area contributed by atoms with Crippen molar-refractivity contribution in [1.29, 1.82) is 0 Å². The Labute approximate surface area is 131 Å². The van der Waals surface area contributed by atoms with Crippen molar-refractivity contribution in [2.24, 2.45) is 0 Å². The summed E-state index contributed by atoms with van der Waals surface area (Å²) >= 11 is 11.8. The number of ether oxygens (including phenoxy) is 1. The van der Waals surface area contributed by atoms with Gasteiger partial charge in [0.2, 0.25) is 5.91 Å². The van der Waals surface area contributed by atoms with Gasteiger partial charge in [0.15, 0.2) is 6.61 Å². The molecule has 0 aromatic heterocycles. The number of amides is 2. The molecule has 21 heavy (non-hydrogen) atoms. The summed E-state index contributed by atoms with van der Waals surface area (Å²) in [4.78, 5) is 33.1. The van der Waals surface area contributed by atoms with E-state index in [1.54, 1.807) is 18.2 Å². The van der Waals surface area contributed by atoms with Crippen molar-refractivity contribution in [3.05, 3.63) is 39.9 Å². The summed E-state index contributed by atoms with van der Waals surface area (Å²) < 4.78 is 4.66. The highest BCUT2D eigenvalue weighted by Crippen LogP contribution is 2.25. The number of rotatable bonds is 4. The zero-order valence-electron chi connectivity index (χ0n) is 11.0. The summed E-state index contributed by atoms with van der Waals surface area (Å²) in [5, 5.41) is 0.768. The monoisotopic (exact) mass is 330 g/mol. The van der Waals surface area contributed by atoms with Gasteiger partial charge in [-0.1, -0.05) is 29.3 Å². The number of halogens is 2. The topological polar surface area (TPSA) is 84.5 Å². The second kappa shape index (κ2) is 8.28. The molecule has 0 spiro atoms. The highest BCUT2D eigenvalue weighted by atomic mass is 35.5. The molecule has 0 atom stereocenters. The van der Waals surface area contributed by atoms with Crippen LogP contribution in [0.4, 0.5) is 0 Å². The Morgan fingerprint density at radius 1 is 1.19 bits per heavy atom. The van der Waals surface area contributed by atoms with E-state index in [4.69, 9.17) is 23.2 Å². The van der Waals surface area contributed by atoms with Gasteiger partial charge in [-0.25, -0.2) is 4.79 Å². The van der Waals surface area contributed by atoms with Gasteiger partial charge in [0.25, 0.3) is 5.91 Å². The molecule has 1 aromatic carbocycles. The molecule has 0 unspecified atom stereocenters. The second-order valence-electron chi connectivity index (χ2n) is 3.81. The lowest BCUT2D eigenvalue weighted by molar-refractivity contribution is -0.144. The molecule has 0 saturated heterocycles. The van der Waals surface area contributed by atoms with E-state index in [1.807, 2.05) is 5.43 Å². The molecule has 112 valence electrons. The van der Waals surface area contributed by atoms with Crippen molar-refractivity contribution < 1.29 is 19.1 Å². The van der Waals surface area contributed by atoms with Crippen LogP contribution in [0.2, 0.25) is 10.0 Å². The van der Waals surface area contributed by atoms with Gasteiger partial charge in [0.1, 0.15) is 0 Å². The van der Waals surface area contributed by atoms with Crippen LogP contribution >= 0.6 is 23.2 Å². The van der Waals surface area contributed by atoms with Crippen molar-refractivity contribution in [2.45, 2.75) is 6.92 Å². The lowest BCUT2D eigenvalue weighted by Gasteiger charge is -2.05. The van der Waals surface area contributed by atoms with Gasteiger partial charge in [-0.15, -0.1) is 0 Å². The maximum Gasteiger partial charge on any atom is 0.331 e. The van der Waals surface area contributed by atoms with Crippen LogP contribution < -0.4 is 10.9 Å². The Bertz CT molecular complexity index is 567. The van der Waals surface area contributed by atoms with E-state index in [0.29, 0.717) is 15.6 Å². The first-order valence-electron chi connectivity index (χ1n) is 5.74. The smallest absolute Gasteiger partial charge is 0.331 e. The second-order valence-corrected chi connectivity index (χ2v) is 4.62. The summed E-state index contributed by atoms with van der Waals surface area (Å²) in [6.45, 7) is 0.697. The maximum absolute atomic E-state index is 11.4. The number of hydrogen-bond donors (Lipinski definition) is 2. The van der Waals surface area contributed by atoms with Crippen LogP contribution in [0.15, 0.2) is 24.3 Å². The standard InChI is InChI=1S/C13H12Cl2N2O4/c1-8(18)16-17-12(19)7-21-13(20)6-5-9-10(14)3-2-4-11(9)15/h2-6H,7H2,1H3,(H,16,18)(H,17,19)/b6-5+. The highest BCUT2D eigenvalue weighted by Gasteiger charge is 2.06. The number of benzene rings is 1. The summed E-state index contributed by atoms with van der Waals surface area (Å²) in [6, 6.07) is 4.92. The van der Waals surface area contributed by atoms with Gasteiger partial charge in [-0.2, -0.15) is 0 Å². The van der Waals surface area contributed by atoms with Crippen molar-refractivity contribution in [3.63, 3.8) is 0 Å². The average Bonchev–Trinajstić information content (AvgIpc) is 2.42. The number of carbonyl (C=O) groups excluding carboxylic acids is 3. The van der Waals surface area contributed by atoms with Crippen LogP contribution in [0.1, 0.15) is 12.5 Å². The molecular weight excluding hydrogens is 319 g/mol. The van der Waals surface area contributed by atoms with Crippen molar-refractivity contribution in [1.82, 2.24) is 10.9 Å². The first-order chi connectivity index (χ1) is 9.90. The van der Waals surface area contributed by atoms with Crippen LogP contribution in [0.5, 0.6) is 0 Å². The van der Waals surface area contributed by atoms with E-state index in [1.165, 1.54) is 13.0 Å². The van der Waals surface area contributed by atoms with Crippen LogP contribution in [0.3, 0.4) is 0 Å². The van der Waals surface area contributed by atoms with Gasteiger partial charge >= 0.3 is 5.97 Å². The Morgan fingerprint density at radius 3 is 2.38 bits per heavy atom. The van der Waals surface area contributed by atoms with Crippen LogP contribution in [0.25, 0.3) is 6.08 Å². The largest absolute Gasteiger partial charge is 0.452 e. The number of nitrogens with one attached hydrogen (secondary N) is 2. The van der Waals surface area contributed by atoms with E-state index in [-0.39, 0.29) is 0 Å². The molecule has 2 N–H and O–H groups in total. The SMILES string of the molecule is CC(=O)NNC(=O)COC(=O)/C=C/c1c(Cl)cccc1Cl. The molecule has 0 fully saturated rings. The fourth-order valence-corrected chi connectivity index (χ4v) is 1.72. The molecule has 0 aliphatic carbocycles. The summed E-state index contributed by atoms with van der Waals surface area (Å²) in [5.74, 6) is -1.85. The van der Waals surface area contributed by atoms with Crippen LogP contribution in [0, 0.1) is 0 Å².